The van der Waals surface area contributed by atoms with Crippen molar-refractivity contribution in [1.29, 1.82) is 0 Å². The molecular weight excluding hydrogens is 377 g/mol. The number of ether oxygens (including phenoxy) is 1. The van der Waals surface area contributed by atoms with Crippen molar-refractivity contribution in [3.05, 3.63) is 72.5 Å². The van der Waals surface area contributed by atoms with Gasteiger partial charge in [0.05, 0.1) is 22.5 Å². The summed E-state index contributed by atoms with van der Waals surface area (Å²) in [5.41, 5.74) is 1.80. The minimum atomic E-state index is -0.753. The predicted molar refractivity (Wildman–Crippen MR) is 103 cm³/mol. The minimum Gasteiger partial charge on any atom is -0.493 e. The molecule has 0 unspecified atom stereocenters. The fourth-order valence-corrected chi connectivity index (χ4v) is 3.36. The van der Waals surface area contributed by atoms with Gasteiger partial charge in [0.1, 0.15) is 5.75 Å². The standard InChI is InChI=1S/C19H17Cl2NO4/c1-11-5-3-6-16(12(11)2)25-8-4-7-22-17-14(18(23)26-19(22)24)9-13(20)10-15(17)21/h3,5-6,9-10H,4,7-8H2,1-2H3. The molecule has 0 saturated carbocycles. The molecule has 0 spiro atoms. The number of rotatable bonds is 5. The summed E-state index contributed by atoms with van der Waals surface area (Å²) in [6.45, 7) is 4.72. The van der Waals surface area contributed by atoms with Crippen molar-refractivity contribution in [2.45, 2.75) is 26.8 Å². The summed E-state index contributed by atoms with van der Waals surface area (Å²) in [7, 11) is 0. The predicted octanol–water partition coefficient (Wildman–Crippen LogP) is 4.35. The lowest BCUT2D eigenvalue weighted by molar-refractivity contribution is 0.294. The summed E-state index contributed by atoms with van der Waals surface area (Å²) >= 11 is 12.1. The third-order valence-corrected chi connectivity index (χ3v) is 4.76. The third-order valence-electron chi connectivity index (χ3n) is 4.26. The molecule has 3 aromatic rings. The van der Waals surface area contributed by atoms with Gasteiger partial charge in [-0.05, 0) is 49.6 Å². The second-order valence-corrected chi connectivity index (χ2v) is 6.83. The highest BCUT2D eigenvalue weighted by molar-refractivity contribution is 6.38. The van der Waals surface area contributed by atoms with Gasteiger partial charge < -0.3 is 9.15 Å². The Morgan fingerprint density at radius 3 is 2.69 bits per heavy atom. The zero-order valence-corrected chi connectivity index (χ0v) is 15.9. The lowest BCUT2D eigenvalue weighted by Gasteiger charge is -2.12. The van der Waals surface area contributed by atoms with Crippen LogP contribution in [0.3, 0.4) is 0 Å². The van der Waals surface area contributed by atoms with Gasteiger partial charge in [-0.1, -0.05) is 35.3 Å². The maximum absolute atomic E-state index is 12.1. The molecule has 0 aliphatic heterocycles. The average molecular weight is 394 g/mol. The Morgan fingerprint density at radius 2 is 1.92 bits per heavy atom. The van der Waals surface area contributed by atoms with E-state index in [1.807, 2.05) is 32.0 Å². The first-order valence-electron chi connectivity index (χ1n) is 8.10. The molecule has 0 amide bonds. The smallest absolute Gasteiger partial charge is 0.422 e. The number of hydrogen-bond donors (Lipinski definition) is 0. The van der Waals surface area contributed by atoms with E-state index in [0.717, 1.165) is 16.9 Å². The van der Waals surface area contributed by atoms with Crippen LogP contribution in [0.4, 0.5) is 0 Å². The number of benzene rings is 2. The first-order valence-corrected chi connectivity index (χ1v) is 8.86. The van der Waals surface area contributed by atoms with Gasteiger partial charge in [0, 0.05) is 11.6 Å². The van der Waals surface area contributed by atoms with E-state index in [0.29, 0.717) is 30.1 Å². The normalized spacial score (nSPS) is 11.1. The fraction of sp³-hybridized carbons (Fsp3) is 0.263. The summed E-state index contributed by atoms with van der Waals surface area (Å²) in [5.74, 6) is 0.0603. The molecule has 136 valence electrons. The van der Waals surface area contributed by atoms with E-state index in [1.165, 1.54) is 16.7 Å². The summed E-state index contributed by atoms with van der Waals surface area (Å²) in [5, 5.41) is 0.712. The molecular formula is C19H17Cl2NO4. The largest absolute Gasteiger partial charge is 0.493 e. The summed E-state index contributed by atoms with van der Waals surface area (Å²) < 4.78 is 11.9. The molecule has 0 fully saturated rings. The number of halogens is 2. The molecule has 0 aliphatic rings. The number of nitrogens with zero attached hydrogens (tertiary/aromatic N) is 1. The number of hydrogen-bond acceptors (Lipinski definition) is 4. The second kappa shape index (κ2) is 7.56. The van der Waals surface area contributed by atoms with Crippen LogP contribution in [-0.2, 0) is 6.54 Å². The first kappa shape index (κ1) is 18.5. The Kier molecular flexibility index (Phi) is 5.39. The molecule has 3 rings (SSSR count). The molecule has 0 aliphatic carbocycles. The van der Waals surface area contributed by atoms with Gasteiger partial charge in [0.25, 0.3) is 0 Å². The monoisotopic (exact) mass is 393 g/mol. The van der Waals surface area contributed by atoms with Crippen LogP contribution < -0.4 is 16.1 Å². The van der Waals surface area contributed by atoms with Crippen LogP contribution in [0.5, 0.6) is 5.75 Å². The summed E-state index contributed by atoms with van der Waals surface area (Å²) in [6.07, 6.45) is 0.537. The highest BCUT2D eigenvalue weighted by Gasteiger charge is 2.14. The zero-order valence-electron chi connectivity index (χ0n) is 14.3. The summed E-state index contributed by atoms with van der Waals surface area (Å²) in [6, 6.07) is 8.80. The fourth-order valence-electron chi connectivity index (χ4n) is 2.76. The zero-order chi connectivity index (χ0) is 18.8. The van der Waals surface area contributed by atoms with Crippen molar-refractivity contribution >= 4 is 34.1 Å². The number of fused-ring (bicyclic) bond motifs is 1. The first-order chi connectivity index (χ1) is 12.4. The van der Waals surface area contributed by atoms with E-state index in [-0.39, 0.29) is 10.4 Å². The third kappa shape index (κ3) is 3.64. The SMILES string of the molecule is Cc1cccc(OCCCn2c(=O)oc(=O)c3cc(Cl)cc(Cl)c32)c1C. The van der Waals surface area contributed by atoms with Crippen LogP contribution in [0.1, 0.15) is 17.5 Å². The van der Waals surface area contributed by atoms with Crippen LogP contribution >= 0.6 is 23.2 Å². The Labute approximate surface area is 159 Å². The Bertz CT molecular complexity index is 1090. The Hall–Kier alpha value is -2.24. The van der Waals surface area contributed by atoms with E-state index in [9.17, 15) is 9.59 Å². The van der Waals surface area contributed by atoms with Gasteiger partial charge in [-0.2, -0.15) is 0 Å². The van der Waals surface area contributed by atoms with Gasteiger partial charge in [-0.15, -0.1) is 0 Å². The van der Waals surface area contributed by atoms with Crippen molar-refractivity contribution in [2.75, 3.05) is 6.61 Å². The topological polar surface area (TPSA) is 61.4 Å². The molecule has 0 radical (unpaired) electrons. The second-order valence-electron chi connectivity index (χ2n) is 5.99. The van der Waals surface area contributed by atoms with Crippen LogP contribution in [0.2, 0.25) is 10.0 Å². The number of aryl methyl sites for hydroxylation is 2. The molecule has 26 heavy (non-hydrogen) atoms. The van der Waals surface area contributed by atoms with Crippen molar-refractivity contribution < 1.29 is 9.15 Å². The molecule has 5 nitrogen and oxygen atoms in total. The van der Waals surface area contributed by atoms with E-state index in [1.54, 1.807) is 0 Å². The van der Waals surface area contributed by atoms with Gasteiger partial charge in [-0.25, -0.2) is 9.59 Å². The van der Waals surface area contributed by atoms with E-state index < -0.39 is 11.4 Å². The molecule has 7 heteroatoms. The van der Waals surface area contributed by atoms with Crippen molar-refractivity contribution in [3.63, 3.8) is 0 Å². The van der Waals surface area contributed by atoms with Crippen LogP contribution in [0.25, 0.3) is 10.9 Å². The van der Waals surface area contributed by atoms with Gasteiger partial charge >= 0.3 is 11.4 Å². The average Bonchev–Trinajstić information content (AvgIpc) is 2.58. The maximum Gasteiger partial charge on any atom is 0.422 e. The van der Waals surface area contributed by atoms with Crippen LogP contribution in [-0.4, -0.2) is 11.2 Å². The molecule has 0 N–H and O–H groups in total. The molecule has 1 aromatic heterocycles. The van der Waals surface area contributed by atoms with E-state index in [2.05, 4.69) is 0 Å². The molecule has 0 bridgehead atoms. The molecule has 1 heterocycles. The number of aromatic nitrogens is 1. The van der Waals surface area contributed by atoms with Gasteiger partial charge in [-0.3, -0.25) is 4.57 Å². The molecule has 2 aromatic carbocycles. The maximum atomic E-state index is 12.1. The summed E-state index contributed by atoms with van der Waals surface area (Å²) in [4.78, 5) is 24.0. The van der Waals surface area contributed by atoms with Crippen molar-refractivity contribution in [3.8, 4) is 5.75 Å². The molecule has 0 saturated heterocycles. The lowest BCUT2D eigenvalue weighted by Crippen LogP contribution is -2.26. The highest BCUT2D eigenvalue weighted by atomic mass is 35.5. The van der Waals surface area contributed by atoms with E-state index >= 15 is 0 Å². The quantitative estimate of drug-likeness (QED) is 0.604. The van der Waals surface area contributed by atoms with Gasteiger partial charge in [0.15, 0.2) is 0 Å². The minimum absolute atomic E-state index is 0.178. The van der Waals surface area contributed by atoms with Crippen molar-refractivity contribution in [2.24, 2.45) is 0 Å². The highest BCUT2D eigenvalue weighted by Crippen LogP contribution is 2.25. The van der Waals surface area contributed by atoms with Crippen LogP contribution in [0.15, 0.2) is 44.3 Å². The lowest BCUT2D eigenvalue weighted by atomic mass is 10.1. The van der Waals surface area contributed by atoms with Crippen LogP contribution in [0, 0.1) is 13.8 Å². The van der Waals surface area contributed by atoms with Crippen molar-refractivity contribution in [1.82, 2.24) is 4.57 Å². The van der Waals surface area contributed by atoms with Gasteiger partial charge in [0.2, 0.25) is 0 Å². The Morgan fingerprint density at radius 1 is 1.15 bits per heavy atom. The Balaban J connectivity index is 1.82. The van der Waals surface area contributed by atoms with E-state index in [4.69, 9.17) is 32.4 Å². The molecule has 0 atom stereocenters.